The molecular weight excluding hydrogens is 204 g/mol. The highest BCUT2D eigenvalue weighted by atomic mass is 16.5. The Bertz CT molecular complexity index is 178. The summed E-state index contributed by atoms with van der Waals surface area (Å²) >= 11 is 0. The van der Waals surface area contributed by atoms with Gasteiger partial charge in [0.05, 0.1) is 0 Å². The molecule has 0 fully saturated rings. The fourth-order valence-electron chi connectivity index (χ4n) is 1.52. The maximum absolute atomic E-state index is 10.9. The van der Waals surface area contributed by atoms with Crippen LogP contribution in [0.25, 0.3) is 0 Å². The molecule has 0 aliphatic carbocycles. The standard InChI is InChI=1S/C13H26O3/c1-4-5-6-7-10-16-12(13(14)15)9-8-11(2)3/h11-12H,4-10H2,1-3H3,(H,14,15). The van der Waals surface area contributed by atoms with Gasteiger partial charge in [0.25, 0.3) is 0 Å². The molecule has 0 bridgehead atoms. The van der Waals surface area contributed by atoms with Crippen LogP contribution in [-0.2, 0) is 9.53 Å². The first-order valence-corrected chi connectivity index (χ1v) is 6.42. The lowest BCUT2D eigenvalue weighted by molar-refractivity contribution is -0.151. The maximum Gasteiger partial charge on any atom is 0.332 e. The number of carboxylic acids is 1. The van der Waals surface area contributed by atoms with Gasteiger partial charge < -0.3 is 9.84 Å². The summed E-state index contributed by atoms with van der Waals surface area (Å²) < 4.78 is 5.40. The first-order valence-electron chi connectivity index (χ1n) is 6.42. The third-order valence-corrected chi connectivity index (χ3v) is 2.60. The lowest BCUT2D eigenvalue weighted by atomic mass is 10.1. The third kappa shape index (κ3) is 8.72. The van der Waals surface area contributed by atoms with E-state index in [1.165, 1.54) is 12.8 Å². The topological polar surface area (TPSA) is 46.5 Å². The minimum Gasteiger partial charge on any atom is -0.479 e. The summed E-state index contributed by atoms with van der Waals surface area (Å²) in [6, 6.07) is 0. The number of aliphatic carboxylic acids is 1. The molecule has 1 unspecified atom stereocenters. The molecule has 0 amide bonds. The van der Waals surface area contributed by atoms with Crippen molar-refractivity contribution in [2.75, 3.05) is 6.61 Å². The lowest BCUT2D eigenvalue weighted by Gasteiger charge is -2.14. The van der Waals surface area contributed by atoms with E-state index in [1.54, 1.807) is 0 Å². The Morgan fingerprint density at radius 1 is 1.19 bits per heavy atom. The van der Waals surface area contributed by atoms with Crippen LogP contribution < -0.4 is 0 Å². The SMILES string of the molecule is CCCCCCOC(CCC(C)C)C(=O)O. The van der Waals surface area contributed by atoms with Gasteiger partial charge in [-0.1, -0.05) is 40.0 Å². The van der Waals surface area contributed by atoms with Crippen molar-refractivity contribution in [2.45, 2.75) is 65.4 Å². The number of ether oxygens (including phenoxy) is 1. The van der Waals surface area contributed by atoms with Gasteiger partial charge in [-0.3, -0.25) is 0 Å². The Hall–Kier alpha value is -0.570. The van der Waals surface area contributed by atoms with E-state index in [4.69, 9.17) is 9.84 Å². The van der Waals surface area contributed by atoms with Crippen LogP contribution in [0.1, 0.15) is 59.3 Å². The molecule has 0 saturated heterocycles. The second kappa shape index (κ2) is 9.64. The normalized spacial score (nSPS) is 13.0. The van der Waals surface area contributed by atoms with Crippen LogP contribution in [0.3, 0.4) is 0 Å². The first-order chi connectivity index (χ1) is 7.57. The van der Waals surface area contributed by atoms with E-state index in [0.29, 0.717) is 18.9 Å². The van der Waals surface area contributed by atoms with E-state index in [-0.39, 0.29) is 0 Å². The predicted octanol–water partition coefficient (Wildman–Crippen LogP) is 3.47. The summed E-state index contributed by atoms with van der Waals surface area (Å²) in [4.78, 5) is 10.9. The van der Waals surface area contributed by atoms with Crippen molar-refractivity contribution in [3.05, 3.63) is 0 Å². The van der Waals surface area contributed by atoms with Crippen molar-refractivity contribution < 1.29 is 14.6 Å². The molecule has 0 saturated carbocycles. The average Bonchev–Trinajstić information content (AvgIpc) is 2.21. The summed E-state index contributed by atoms with van der Waals surface area (Å²) in [5.74, 6) is -0.290. The molecule has 1 atom stereocenters. The molecule has 0 rings (SSSR count). The van der Waals surface area contributed by atoms with Gasteiger partial charge in [0.15, 0.2) is 6.10 Å². The van der Waals surface area contributed by atoms with Gasteiger partial charge in [-0.2, -0.15) is 0 Å². The maximum atomic E-state index is 10.9. The van der Waals surface area contributed by atoms with E-state index < -0.39 is 12.1 Å². The number of carboxylic acid groups (broad SMARTS) is 1. The number of hydrogen-bond acceptors (Lipinski definition) is 2. The van der Waals surface area contributed by atoms with Crippen LogP contribution in [0.15, 0.2) is 0 Å². The van der Waals surface area contributed by atoms with Crippen molar-refractivity contribution in [1.82, 2.24) is 0 Å². The van der Waals surface area contributed by atoms with Crippen molar-refractivity contribution >= 4 is 5.97 Å². The Labute approximate surface area is 99.2 Å². The zero-order chi connectivity index (χ0) is 12.4. The number of unbranched alkanes of at least 4 members (excludes halogenated alkanes) is 3. The van der Waals surface area contributed by atoms with Crippen LogP contribution >= 0.6 is 0 Å². The number of carbonyl (C=O) groups is 1. The number of hydrogen-bond donors (Lipinski definition) is 1. The van der Waals surface area contributed by atoms with E-state index in [1.807, 2.05) is 0 Å². The Morgan fingerprint density at radius 2 is 1.88 bits per heavy atom. The molecule has 3 nitrogen and oxygen atoms in total. The molecule has 0 heterocycles. The highest BCUT2D eigenvalue weighted by Crippen LogP contribution is 2.11. The van der Waals surface area contributed by atoms with Gasteiger partial charge in [0, 0.05) is 6.61 Å². The monoisotopic (exact) mass is 230 g/mol. The van der Waals surface area contributed by atoms with Gasteiger partial charge >= 0.3 is 5.97 Å². The molecule has 0 spiro atoms. The Balaban J connectivity index is 3.64. The Morgan fingerprint density at radius 3 is 2.38 bits per heavy atom. The summed E-state index contributed by atoms with van der Waals surface area (Å²) in [5, 5.41) is 8.96. The molecule has 0 aromatic rings. The fourth-order valence-corrected chi connectivity index (χ4v) is 1.52. The third-order valence-electron chi connectivity index (χ3n) is 2.60. The van der Waals surface area contributed by atoms with Crippen LogP contribution in [0.5, 0.6) is 0 Å². The quantitative estimate of drug-likeness (QED) is 0.584. The average molecular weight is 230 g/mol. The minimum atomic E-state index is -0.823. The van der Waals surface area contributed by atoms with E-state index in [9.17, 15) is 4.79 Å². The fraction of sp³-hybridized carbons (Fsp3) is 0.923. The van der Waals surface area contributed by atoms with Gasteiger partial charge in [-0.25, -0.2) is 4.79 Å². The molecule has 0 aliphatic heterocycles. The van der Waals surface area contributed by atoms with E-state index in [2.05, 4.69) is 20.8 Å². The van der Waals surface area contributed by atoms with Crippen LogP contribution in [0.4, 0.5) is 0 Å². The predicted molar refractivity (Wildman–Crippen MR) is 65.6 cm³/mol. The van der Waals surface area contributed by atoms with Gasteiger partial charge in [-0.05, 0) is 25.2 Å². The molecule has 1 N–H and O–H groups in total. The molecule has 96 valence electrons. The molecular formula is C13H26O3. The van der Waals surface area contributed by atoms with Crippen molar-refractivity contribution in [3.8, 4) is 0 Å². The van der Waals surface area contributed by atoms with Crippen molar-refractivity contribution in [2.24, 2.45) is 5.92 Å². The summed E-state index contributed by atoms with van der Waals surface area (Å²) in [6.45, 7) is 6.93. The zero-order valence-corrected chi connectivity index (χ0v) is 10.9. The smallest absolute Gasteiger partial charge is 0.332 e. The molecule has 3 heteroatoms. The van der Waals surface area contributed by atoms with Crippen LogP contribution in [-0.4, -0.2) is 23.8 Å². The van der Waals surface area contributed by atoms with Gasteiger partial charge in [0.2, 0.25) is 0 Å². The molecule has 16 heavy (non-hydrogen) atoms. The summed E-state index contributed by atoms with van der Waals surface area (Å²) in [5.41, 5.74) is 0. The van der Waals surface area contributed by atoms with Crippen LogP contribution in [0, 0.1) is 5.92 Å². The zero-order valence-electron chi connectivity index (χ0n) is 10.9. The Kier molecular flexibility index (Phi) is 9.30. The second-order valence-electron chi connectivity index (χ2n) is 4.73. The molecule has 0 aromatic heterocycles. The molecule has 0 aliphatic rings. The highest BCUT2D eigenvalue weighted by molar-refractivity contribution is 5.72. The second-order valence-corrected chi connectivity index (χ2v) is 4.73. The largest absolute Gasteiger partial charge is 0.479 e. The van der Waals surface area contributed by atoms with E-state index in [0.717, 1.165) is 19.3 Å². The molecule has 0 radical (unpaired) electrons. The molecule has 0 aromatic carbocycles. The van der Waals surface area contributed by atoms with E-state index >= 15 is 0 Å². The minimum absolute atomic E-state index is 0.533. The lowest BCUT2D eigenvalue weighted by Crippen LogP contribution is -2.24. The summed E-state index contributed by atoms with van der Waals surface area (Å²) in [6.07, 6.45) is 5.42. The van der Waals surface area contributed by atoms with Gasteiger partial charge in [0.1, 0.15) is 0 Å². The van der Waals surface area contributed by atoms with Gasteiger partial charge in [-0.15, -0.1) is 0 Å². The highest BCUT2D eigenvalue weighted by Gasteiger charge is 2.17. The first kappa shape index (κ1) is 15.4. The number of rotatable bonds is 10. The summed E-state index contributed by atoms with van der Waals surface area (Å²) in [7, 11) is 0. The van der Waals surface area contributed by atoms with Crippen LogP contribution in [0.2, 0.25) is 0 Å². The van der Waals surface area contributed by atoms with Crippen molar-refractivity contribution in [1.29, 1.82) is 0 Å². The van der Waals surface area contributed by atoms with Crippen molar-refractivity contribution in [3.63, 3.8) is 0 Å².